The molecule has 2 fully saturated rings. The Balaban J connectivity index is 1.97. The van der Waals surface area contributed by atoms with E-state index in [0.717, 1.165) is 52.2 Å². The molecule has 0 bridgehead atoms. The van der Waals surface area contributed by atoms with Gasteiger partial charge in [-0.15, -0.1) is 0 Å². The van der Waals surface area contributed by atoms with Gasteiger partial charge >= 0.3 is 0 Å². The maximum atomic E-state index is 9.64. The first-order chi connectivity index (χ1) is 8.80. The van der Waals surface area contributed by atoms with Gasteiger partial charge in [-0.05, 0) is 38.1 Å². The summed E-state index contributed by atoms with van der Waals surface area (Å²) in [5.41, 5.74) is -0.319. The van der Waals surface area contributed by atoms with Crippen molar-refractivity contribution >= 4 is 0 Å². The van der Waals surface area contributed by atoms with Crippen LogP contribution in [0, 0.1) is 17.2 Å². The Bertz CT molecular complexity index is 290. The fraction of sp³-hybridized carbons (Fsp3) is 0.929. The van der Waals surface area contributed by atoms with Crippen LogP contribution in [0.1, 0.15) is 32.6 Å². The van der Waals surface area contributed by atoms with Gasteiger partial charge in [0.05, 0.1) is 12.7 Å². The maximum absolute atomic E-state index is 9.64. The first-order valence-electron chi connectivity index (χ1n) is 7.27. The average Bonchev–Trinajstić information content (AvgIpc) is 3.21. The summed E-state index contributed by atoms with van der Waals surface area (Å²) in [6.07, 6.45) is 4.57. The van der Waals surface area contributed by atoms with Crippen molar-refractivity contribution in [3.05, 3.63) is 0 Å². The first-order valence-corrected chi connectivity index (χ1v) is 7.27. The Labute approximate surface area is 110 Å². The van der Waals surface area contributed by atoms with E-state index in [1.54, 1.807) is 0 Å². The summed E-state index contributed by atoms with van der Waals surface area (Å²) in [5, 5.41) is 13.2. The predicted octanol–water partition coefficient (Wildman–Crippen LogP) is 1.38. The molecule has 0 aromatic heterocycles. The molecule has 2 rings (SSSR count). The fourth-order valence-electron chi connectivity index (χ4n) is 2.73. The molecule has 1 aliphatic heterocycles. The maximum Gasteiger partial charge on any atom is 0.122 e. The van der Waals surface area contributed by atoms with E-state index in [-0.39, 0.29) is 5.54 Å². The molecular formula is C14H25N3O. The molecule has 1 aliphatic carbocycles. The molecule has 102 valence electrons. The molecule has 0 aromatic carbocycles. The highest BCUT2D eigenvalue weighted by Crippen LogP contribution is 2.40. The van der Waals surface area contributed by atoms with Gasteiger partial charge < -0.3 is 4.74 Å². The highest BCUT2D eigenvalue weighted by Gasteiger charge is 2.46. The van der Waals surface area contributed by atoms with Crippen molar-refractivity contribution in [1.29, 1.82) is 5.26 Å². The predicted molar refractivity (Wildman–Crippen MR) is 71.2 cm³/mol. The number of hydrogen-bond acceptors (Lipinski definition) is 4. The van der Waals surface area contributed by atoms with Crippen LogP contribution in [-0.4, -0.2) is 49.8 Å². The van der Waals surface area contributed by atoms with Crippen LogP contribution in [0.4, 0.5) is 0 Å². The van der Waals surface area contributed by atoms with E-state index in [1.165, 1.54) is 12.8 Å². The third-order valence-corrected chi connectivity index (χ3v) is 3.95. The molecule has 1 unspecified atom stereocenters. The van der Waals surface area contributed by atoms with Gasteiger partial charge in [0.2, 0.25) is 0 Å². The van der Waals surface area contributed by atoms with Gasteiger partial charge in [-0.1, -0.05) is 6.92 Å². The number of nitrogens with zero attached hydrogens (tertiary/aromatic N) is 2. The van der Waals surface area contributed by atoms with E-state index in [0.29, 0.717) is 5.92 Å². The number of rotatable bonds is 6. The Kier molecular flexibility index (Phi) is 4.99. The fourth-order valence-corrected chi connectivity index (χ4v) is 2.73. The Morgan fingerprint density at radius 2 is 2.22 bits per heavy atom. The zero-order valence-electron chi connectivity index (χ0n) is 11.5. The quantitative estimate of drug-likeness (QED) is 0.775. The van der Waals surface area contributed by atoms with Crippen LogP contribution in [0.25, 0.3) is 0 Å². The van der Waals surface area contributed by atoms with Gasteiger partial charge in [-0.2, -0.15) is 5.26 Å². The molecule has 2 aliphatic rings. The van der Waals surface area contributed by atoms with E-state index >= 15 is 0 Å². The van der Waals surface area contributed by atoms with Crippen molar-refractivity contribution in [3.63, 3.8) is 0 Å². The van der Waals surface area contributed by atoms with E-state index in [2.05, 4.69) is 23.2 Å². The molecule has 1 saturated carbocycles. The van der Waals surface area contributed by atoms with Gasteiger partial charge in [0.25, 0.3) is 0 Å². The van der Waals surface area contributed by atoms with Crippen LogP contribution in [0.5, 0.6) is 0 Å². The molecule has 1 atom stereocenters. The molecule has 4 nitrogen and oxygen atoms in total. The minimum atomic E-state index is -0.319. The second-order valence-electron chi connectivity index (χ2n) is 5.53. The SMILES string of the molecule is CCCNC(C#N)(CN1CCCOCC1)C1CC1. The van der Waals surface area contributed by atoms with Crippen molar-refractivity contribution in [2.75, 3.05) is 39.4 Å². The molecule has 0 aromatic rings. The summed E-state index contributed by atoms with van der Waals surface area (Å²) in [5.74, 6) is 0.554. The smallest absolute Gasteiger partial charge is 0.122 e. The lowest BCUT2D eigenvalue weighted by atomic mass is 9.93. The molecule has 0 radical (unpaired) electrons. The average molecular weight is 251 g/mol. The molecule has 1 saturated heterocycles. The third kappa shape index (κ3) is 3.44. The topological polar surface area (TPSA) is 48.3 Å². The van der Waals surface area contributed by atoms with Crippen molar-refractivity contribution < 1.29 is 4.74 Å². The van der Waals surface area contributed by atoms with E-state index in [9.17, 15) is 5.26 Å². The van der Waals surface area contributed by atoms with Gasteiger partial charge in [0, 0.05) is 26.2 Å². The molecule has 18 heavy (non-hydrogen) atoms. The van der Waals surface area contributed by atoms with E-state index < -0.39 is 0 Å². The molecule has 0 spiro atoms. The first kappa shape index (κ1) is 13.8. The normalized spacial score (nSPS) is 25.1. The number of hydrogen-bond donors (Lipinski definition) is 1. The summed E-state index contributed by atoms with van der Waals surface area (Å²) >= 11 is 0. The van der Waals surface area contributed by atoms with Crippen molar-refractivity contribution in [3.8, 4) is 6.07 Å². The van der Waals surface area contributed by atoms with E-state index in [1.807, 2.05) is 0 Å². The summed E-state index contributed by atoms with van der Waals surface area (Å²) in [7, 11) is 0. The standard InChI is InChI=1S/C14H25N3O/c1-2-6-16-14(11-15,13-4-5-13)12-17-7-3-9-18-10-8-17/h13,16H,2-10,12H2,1H3. The number of ether oxygens (including phenoxy) is 1. The zero-order chi connectivity index (χ0) is 12.8. The number of nitrogens with one attached hydrogen (secondary N) is 1. The molecule has 0 amide bonds. The molecule has 1 N–H and O–H groups in total. The molecule has 1 heterocycles. The van der Waals surface area contributed by atoms with Crippen molar-refractivity contribution in [1.82, 2.24) is 10.2 Å². The Hall–Kier alpha value is -0.630. The second-order valence-corrected chi connectivity index (χ2v) is 5.53. The molecule has 4 heteroatoms. The monoisotopic (exact) mass is 251 g/mol. The minimum Gasteiger partial charge on any atom is -0.380 e. The van der Waals surface area contributed by atoms with Crippen LogP contribution in [-0.2, 0) is 4.74 Å². The minimum absolute atomic E-state index is 0.319. The number of nitriles is 1. The summed E-state index contributed by atoms with van der Waals surface area (Å²) < 4.78 is 5.49. The Morgan fingerprint density at radius 1 is 1.39 bits per heavy atom. The van der Waals surface area contributed by atoms with Crippen LogP contribution < -0.4 is 5.32 Å². The summed E-state index contributed by atoms with van der Waals surface area (Å²) in [4.78, 5) is 2.40. The molecular weight excluding hydrogens is 226 g/mol. The lowest BCUT2D eigenvalue weighted by Gasteiger charge is -2.33. The lowest BCUT2D eigenvalue weighted by Crippen LogP contribution is -2.55. The van der Waals surface area contributed by atoms with Gasteiger partial charge in [0.1, 0.15) is 5.54 Å². The van der Waals surface area contributed by atoms with Crippen LogP contribution in [0.2, 0.25) is 0 Å². The third-order valence-electron chi connectivity index (χ3n) is 3.95. The Morgan fingerprint density at radius 3 is 2.89 bits per heavy atom. The summed E-state index contributed by atoms with van der Waals surface area (Å²) in [6.45, 7) is 7.64. The highest BCUT2D eigenvalue weighted by atomic mass is 16.5. The van der Waals surface area contributed by atoms with Crippen LogP contribution in [0.3, 0.4) is 0 Å². The largest absolute Gasteiger partial charge is 0.380 e. The van der Waals surface area contributed by atoms with Crippen molar-refractivity contribution in [2.45, 2.75) is 38.1 Å². The van der Waals surface area contributed by atoms with Crippen LogP contribution in [0.15, 0.2) is 0 Å². The second kappa shape index (κ2) is 6.51. The lowest BCUT2D eigenvalue weighted by molar-refractivity contribution is 0.134. The highest BCUT2D eigenvalue weighted by molar-refractivity contribution is 5.16. The summed E-state index contributed by atoms with van der Waals surface area (Å²) in [6, 6.07) is 2.59. The van der Waals surface area contributed by atoms with Gasteiger partial charge in [-0.3, -0.25) is 10.2 Å². The van der Waals surface area contributed by atoms with E-state index in [4.69, 9.17) is 4.74 Å². The van der Waals surface area contributed by atoms with Crippen molar-refractivity contribution in [2.24, 2.45) is 5.92 Å². The van der Waals surface area contributed by atoms with Gasteiger partial charge in [-0.25, -0.2) is 0 Å². The van der Waals surface area contributed by atoms with Gasteiger partial charge in [0.15, 0.2) is 0 Å². The van der Waals surface area contributed by atoms with Crippen LogP contribution >= 0.6 is 0 Å². The zero-order valence-corrected chi connectivity index (χ0v) is 11.5.